The van der Waals surface area contributed by atoms with Crippen LogP contribution in [0.4, 0.5) is 10.5 Å². The van der Waals surface area contributed by atoms with E-state index in [1.54, 1.807) is 14.0 Å². The van der Waals surface area contributed by atoms with E-state index in [2.05, 4.69) is 10.3 Å². The van der Waals surface area contributed by atoms with Gasteiger partial charge in [0, 0.05) is 19.8 Å². The van der Waals surface area contributed by atoms with Crippen molar-refractivity contribution in [2.45, 2.75) is 19.4 Å². The van der Waals surface area contributed by atoms with Crippen LogP contribution in [0, 0.1) is 0 Å². The molecule has 7 heteroatoms. The molecule has 3 N–H and O–H groups in total. The summed E-state index contributed by atoms with van der Waals surface area (Å²) in [5, 5.41) is 20.6. The normalized spacial score (nSPS) is 11.7. The van der Waals surface area contributed by atoms with Gasteiger partial charge in [-0.1, -0.05) is 0 Å². The molecule has 0 saturated heterocycles. The van der Waals surface area contributed by atoms with E-state index < -0.39 is 18.1 Å². The Labute approximate surface area is 110 Å². The largest absolute Gasteiger partial charge is 0.476 e. The summed E-state index contributed by atoms with van der Waals surface area (Å²) in [7, 11) is 1.56. The van der Waals surface area contributed by atoms with E-state index in [4.69, 9.17) is 10.2 Å². The van der Waals surface area contributed by atoms with Gasteiger partial charge in [-0.05, 0) is 25.5 Å². The van der Waals surface area contributed by atoms with Crippen LogP contribution < -0.4 is 5.32 Å². The molecular weight excluding hydrogens is 250 g/mol. The van der Waals surface area contributed by atoms with E-state index in [1.165, 1.54) is 23.2 Å². The van der Waals surface area contributed by atoms with Crippen molar-refractivity contribution in [1.29, 1.82) is 0 Å². The summed E-state index contributed by atoms with van der Waals surface area (Å²) < 4.78 is 0. The molecule has 2 amide bonds. The smallest absolute Gasteiger partial charge is 0.356 e. The van der Waals surface area contributed by atoms with Crippen molar-refractivity contribution < 1.29 is 19.8 Å². The lowest BCUT2D eigenvalue weighted by Crippen LogP contribution is -2.33. The number of amides is 2. The molecule has 1 aromatic rings. The summed E-state index contributed by atoms with van der Waals surface area (Å²) in [5.74, 6) is -1.21. The van der Waals surface area contributed by atoms with Crippen molar-refractivity contribution in [1.82, 2.24) is 9.88 Å². The number of nitrogens with zero attached hydrogens (tertiary/aromatic N) is 2. The third-order valence-corrected chi connectivity index (χ3v) is 2.48. The van der Waals surface area contributed by atoms with Gasteiger partial charge >= 0.3 is 12.0 Å². The molecule has 0 aromatic carbocycles. The Kier molecular flexibility index (Phi) is 5.25. The molecule has 19 heavy (non-hydrogen) atoms. The van der Waals surface area contributed by atoms with Gasteiger partial charge in [-0.2, -0.15) is 0 Å². The number of carbonyl (C=O) groups is 2. The molecule has 0 bridgehead atoms. The zero-order valence-electron chi connectivity index (χ0n) is 10.8. The van der Waals surface area contributed by atoms with Crippen LogP contribution in [0.2, 0.25) is 0 Å². The van der Waals surface area contributed by atoms with Gasteiger partial charge in [-0.25, -0.2) is 14.6 Å². The second-order valence-electron chi connectivity index (χ2n) is 4.19. The van der Waals surface area contributed by atoms with Crippen LogP contribution in [0.15, 0.2) is 18.3 Å². The van der Waals surface area contributed by atoms with Gasteiger partial charge in [-0.15, -0.1) is 0 Å². The molecule has 0 saturated carbocycles. The molecule has 0 fully saturated rings. The SMILES string of the molecule is CC(O)CCN(C)C(=O)Nc1cccnc1C(=O)O. The first-order valence-electron chi connectivity index (χ1n) is 5.80. The van der Waals surface area contributed by atoms with Gasteiger partial charge in [0.1, 0.15) is 0 Å². The van der Waals surface area contributed by atoms with Gasteiger partial charge in [0.25, 0.3) is 0 Å². The van der Waals surface area contributed by atoms with Crippen LogP contribution in [0.5, 0.6) is 0 Å². The predicted molar refractivity (Wildman–Crippen MR) is 69.1 cm³/mol. The van der Waals surface area contributed by atoms with E-state index in [9.17, 15) is 9.59 Å². The number of carboxylic acid groups (broad SMARTS) is 1. The number of anilines is 1. The molecule has 104 valence electrons. The van der Waals surface area contributed by atoms with E-state index in [1.807, 2.05) is 0 Å². The first-order valence-corrected chi connectivity index (χ1v) is 5.80. The van der Waals surface area contributed by atoms with Gasteiger partial charge in [0.2, 0.25) is 0 Å². The fourth-order valence-electron chi connectivity index (χ4n) is 1.37. The lowest BCUT2D eigenvalue weighted by Gasteiger charge is -2.19. The minimum atomic E-state index is -1.21. The molecule has 7 nitrogen and oxygen atoms in total. The van der Waals surface area contributed by atoms with Crippen molar-refractivity contribution in [3.63, 3.8) is 0 Å². The number of carbonyl (C=O) groups excluding carboxylic acids is 1. The van der Waals surface area contributed by atoms with Crippen molar-refractivity contribution >= 4 is 17.7 Å². The lowest BCUT2D eigenvalue weighted by molar-refractivity contribution is 0.0691. The average Bonchev–Trinajstić information content (AvgIpc) is 2.36. The maximum absolute atomic E-state index is 11.8. The van der Waals surface area contributed by atoms with Crippen LogP contribution in [0.1, 0.15) is 23.8 Å². The van der Waals surface area contributed by atoms with E-state index >= 15 is 0 Å². The van der Waals surface area contributed by atoms with Crippen molar-refractivity contribution in [3.8, 4) is 0 Å². The number of nitrogens with one attached hydrogen (secondary N) is 1. The quantitative estimate of drug-likeness (QED) is 0.739. The Morgan fingerprint density at radius 1 is 1.53 bits per heavy atom. The summed E-state index contributed by atoms with van der Waals surface area (Å²) in [5.41, 5.74) is -0.0660. The van der Waals surface area contributed by atoms with Gasteiger partial charge < -0.3 is 20.4 Å². The third kappa shape index (κ3) is 4.55. The Balaban J connectivity index is 2.69. The third-order valence-electron chi connectivity index (χ3n) is 2.48. The standard InChI is InChI=1S/C12H17N3O4/c1-8(16)5-7-15(2)12(19)14-9-4-3-6-13-10(9)11(17)18/h3-4,6,8,16H,5,7H2,1-2H3,(H,14,19)(H,17,18). The number of rotatable bonds is 5. The highest BCUT2D eigenvalue weighted by Gasteiger charge is 2.15. The summed E-state index contributed by atoms with van der Waals surface area (Å²) in [6.45, 7) is 2.00. The molecule has 0 aliphatic carbocycles. The van der Waals surface area contributed by atoms with Crippen LogP contribution in [0.25, 0.3) is 0 Å². The summed E-state index contributed by atoms with van der Waals surface area (Å²) >= 11 is 0. The van der Waals surface area contributed by atoms with Crippen LogP contribution in [-0.4, -0.2) is 51.8 Å². The topological polar surface area (TPSA) is 103 Å². The van der Waals surface area contributed by atoms with Crippen LogP contribution in [-0.2, 0) is 0 Å². The molecule has 0 radical (unpaired) electrons. The molecule has 1 atom stereocenters. The Morgan fingerprint density at radius 3 is 2.79 bits per heavy atom. The maximum Gasteiger partial charge on any atom is 0.356 e. The van der Waals surface area contributed by atoms with E-state index in [-0.39, 0.29) is 11.4 Å². The average molecular weight is 267 g/mol. The number of carboxylic acids is 1. The molecule has 0 aliphatic rings. The number of aliphatic hydroxyl groups is 1. The monoisotopic (exact) mass is 267 g/mol. The first-order chi connectivity index (χ1) is 8.91. The summed E-state index contributed by atoms with van der Waals surface area (Å²) in [6.07, 6.45) is 1.29. The molecule has 0 spiro atoms. The molecular formula is C12H17N3O4. The minimum Gasteiger partial charge on any atom is -0.476 e. The highest BCUT2D eigenvalue weighted by Crippen LogP contribution is 2.12. The fraction of sp³-hybridized carbons (Fsp3) is 0.417. The van der Waals surface area contributed by atoms with Crippen molar-refractivity contribution in [3.05, 3.63) is 24.0 Å². The summed E-state index contributed by atoms with van der Waals surface area (Å²) in [4.78, 5) is 27.8. The predicted octanol–water partition coefficient (Wildman–Crippen LogP) is 1.01. The number of hydrogen-bond acceptors (Lipinski definition) is 4. The molecule has 1 unspecified atom stereocenters. The number of hydrogen-bond donors (Lipinski definition) is 3. The number of aromatic carboxylic acids is 1. The number of aromatic nitrogens is 1. The highest BCUT2D eigenvalue weighted by atomic mass is 16.4. The zero-order chi connectivity index (χ0) is 14.4. The van der Waals surface area contributed by atoms with Crippen molar-refractivity contribution in [2.24, 2.45) is 0 Å². The number of pyridine rings is 1. The second kappa shape index (κ2) is 6.69. The van der Waals surface area contributed by atoms with Gasteiger partial charge in [0.05, 0.1) is 11.8 Å². The Bertz CT molecular complexity index is 462. The molecule has 1 heterocycles. The van der Waals surface area contributed by atoms with E-state index in [0.29, 0.717) is 13.0 Å². The second-order valence-corrected chi connectivity index (χ2v) is 4.19. The molecule has 1 rings (SSSR count). The zero-order valence-corrected chi connectivity index (χ0v) is 10.8. The highest BCUT2D eigenvalue weighted by molar-refractivity contribution is 5.98. The lowest BCUT2D eigenvalue weighted by atomic mass is 10.3. The van der Waals surface area contributed by atoms with Gasteiger partial charge in [-0.3, -0.25) is 0 Å². The Hall–Kier alpha value is -2.15. The van der Waals surface area contributed by atoms with Gasteiger partial charge in [0.15, 0.2) is 5.69 Å². The van der Waals surface area contributed by atoms with Crippen molar-refractivity contribution in [2.75, 3.05) is 18.9 Å². The Morgan fingerprint density at radius 2 is 2.21 bits per heavy atom. The van der Waals surface area contributed by atoms with Crippen LogP contribution >= 0.6 is 0 Å². The summed E-state index contributed by atoms with van der Waals surface area (Å²) in [6, 6.07) is 2.56. The van der Waals surface area contributed by atoms with Crippen LogP contribution in [0.3, 0.4) is 0 Å². The number of aliphatic hydroxyl groups excluding tert-OH is 1. The minimum absolute atomic E-state index is 0.142. The first kappa shape index (κ1) is 14.9. The van der Waals surface area contributed by atoms with E-state index in [0.717, 1.165) is 0 Å². The maximum atomic E-state index is 11.8. The molecule has 0 aliphatic heterocycles. The fourth-order valence-corrected chi connectivity index (χ4v) is 1.37. The molecule has 1 aromatic heterocycles. The number of urea groups is 1.